The maximum atomic E-state index is 13.9. The molecule has 0 spiro atoms. The van der Waals surface area contributed by atoms with Gasteiger partial charge in [0.1, 0.15) is 0 Å². The van der Waals surface area contributed by atoms with Crippen molar-refractivity contribution in [2.24, 2.45) is 5.10 Å². The first kappa shape index (κ1) is 22.5. The average Bonchev–Trinajstić information content (AvgIpc) is 3.36. The molecule has 0 saturated carbocycles. The topological polar surface area (TPSA) is 61.6 Å². The molecule has 168 valence electrons. The monoisotopic (exact) mass is 492 g/mol. The van der Waals surface area contributed by atoms with E-state index >= 15 is 0 Å². The van der Waals surface area contributed by atoms with E-state index in [0.717, 1.165) is 11.3 Å². The molecule has 3 aromatic rings. The molecule has 0 aliphatic carbocycles. The third kappa shape index (κ3) is 4.05. The molecule has 1 aromatic carbocycles. The second-order valence-corrected chi connectivity index (χ2v) is 8.15. The molecule has 1 aliphatic rings. The molecular weight excluding hydrogens is 482 g/mol. The number of hydrazone groups is 1. The van der Waals surface area contributed by atoms with Crippen molar-refractivity contribution in [2.75, 3.05) is 5.01 Å². The zero-order valence-corrected chi connectivity index (χ0v) is 17.2. The molecule has 1 aliphatic heterocycles. The highest BCUT2D eigenvalue weighted by molar-refractivity contribution is 7.13. The third-order valence-corrected chi connectivity index (χ3v) is 5.73. The predicted molar refractivity (Wildman–Crippen MR) is 106 cm³/mol. The van der Waals surface area contributed by atoms with Gasteiger partial charge >= 0.3 is 12.4 Å². The van der Waals surface area contributed by atoms with Gasteiger partial charge in [-0.15, -0.1) is 11.3 Å². The molecule has 0 bridgehead atoms. The summed E-state index contributed by atoms with van der Waals surface area (Å²) >= 11 is 6.83. The van der Waals surface area contributed by atoms with E-state index in [1.54, 1.807) is 11.4 Å². The van der Waals surface area contributed by atoms with Crippen LogP contribution in [-0.2, 0) is 6.18 Å². The number of halogens is 7. The molecule has 0 saturated heterocycles. The van der Waals surface area contributed by atoms with Crippen LogP contribution in [0.15, 0.2) is 52.9 Å². The zero-order valence-electron chi connectivity index (χ0n) is 15.6. The quantitative estimate of drug-likeness (QED) is 0.473. The molecule has 4 rings (SSSR count). The van der Waals surface area contributed by atoms with Crippen LogP contribution in [-0.4, -0.2) is 32.7 Å². The Bertz CT molecular complexity index is 1160. The maximum absolute atomic E-state index is 13.9. The fourth-order valence-electron chi connectivity index (χ4n) is 3.00. The van der Waals surface area contributed by atoms with Crippen molar-refractivity contribution in [3.05, 3.63) is 64.1 Å². The Morgan fingerprint density at radius 1 is 1.03 bits per heavy atom. The van der Waals surface area contributed by atoms with Gasteiger partial charge < -0.3 is 5.11 Å². The van der Waals surface area contributed by atoms with Gasteiger partial charge in [-0.25, -0.2) is 9.97 Å². The minimum Gasteiger partial charge on any atom is -0.362 e. The normalized spacial score (nSPS) is 19.4. The summed E-state index contributed by atoms with van der Waals surface area (Å²) in [7, 11) is 0. The van der Waals surface area contributed by atoms with Crippen LogP contribution in [0.2, 0.25) is 5.02 Å². The summed E-state index contributed by atoms with van der Waals surface area (Å²) in [5.41, 5.74) is -5.40. The summed E-state index contributed by atoms with van der Waals surface area (Å²) in [6.45, 7) is 0. The Labute approximate surface area is 185 Å². The van der Waals surface area contributed by atoms with Crippen LogP contribution in [0.4, 0.5) is 32.3 Å². The molecule has 3 heterocycles. The zero-order chi connectivity index (χ0) is 23.3. The van der Waals surface area contributed by atoms with Crippen molar-refractivity contribution in [1.82, 2.24) is 9.97 Å². The number of rotatable bonds is 3. The van der Waals surface area contributed by atoms with Crippen LogP contribution in [0.3, 0.4) is 0 Å². The van der Waals surface area contributed by atoms with Crippen LogP contribution < -0.4 is 5.01 Å². The molecule has 1 N–H and O–H groups in total. The Kier molecular flexibility index (Phi) is 5.42. The lowest BCUT2D eigenvalue weighted by molar-refractivity contribution is -0.254. The molecule has 1 atom stereocenters. The van der Waals surface area contributed by atoms with Crippen molar-refractivity contribution in [3.63, 3.8) is 0 Å². The first-order valence-electron chi connectivity index (χ1n) is 8.81. The minimum absolute atomic E-state index is 0.0106. The first-order chi connectivity index (χ1) is 14.9. The average molecular weight is 493 g/mol. The van der Waals surface area contributed by atoms with Crippen LogP contribution >= 0.6 is 22.9 Å². The number of thiophene rings is 1. The summed E-state index contributed by atoms with van der Waals surface area (Å²) < 4.78 is 82.0. The smallest absolute Gasteiger partial charge is 0.362 e. The molecule has 2 aromatic heterocycles. The second-order valence-electron chi connectivity index (χ2n) is 6.77. The van der Waals surface area contributed by atoms with Crippen molar-refractivity contribution in [3.8, 4) is 10.6 Å². The van der Waals surface area contributed by atoms with Gasteiger partial charge in [0.2, 0.25) is 5.95 Å². The van der Waals surface area contributed by atoms with Crippen LogP contribution in [0.25, 0.3) is 10.6 Å². The Morgan fingerprint density at radius 3 is 2.28 bits per heavy atom. The molecular formula is C19H11ClF6N4OS. The van der Waals surface area contributed by atoms with Crippen LogP contribution in [0, 0.1) is 0 Å². The number of anilines is 1. The van der Waals surface area contributed by atoms with Gasteiger partial charge in [0.25, 0.3) is 5.72 Å². The van der Waals surface area contributed by atoms with E-state index in [1.165, 1.54) is 30.3 Å². The molecule has 32 heavy (non-hydrogen) atoms. The van der Waals surface area contributed by atoms with Gasteiger partial charge in [0.05, 0.1) is 22.7 Å². The van der Waals surface area contributed by atoms with Crippen molar-refractivity contribution in [2.45, 2.75) is 24.5 Å². The van der Waals surface area contributed by atoms with Crippen LogP contribution in [0.1, 0.15) is 17.7 Å². The summed E-state index contributed by atoms with van der Waals surface area (Å²) in [6, 6.07) is 9.21. The van der Waals surface area contributed by atoms with E-state index < -0.39 is 36.1 Å². The van der Waals surface area contributed by atoms with Crippen molar-refractivity contribution < 1.29 is 31.4 Å². The largest absolute Gasteiger partial charge is 0.438 e. The Hall–Kier alpha value is -2.70. The fraction of sp³-hybridized carbons (Fsp3) is 0.211. The van der Waals surface area contributed by atoms with E-state index in [2.05, 4.69) is 15.1 Å². The van der Waals surface area contributed by atoms with E-state index in [0.29, 0.717) is 11.1 Å². The number of alkyl halides is 6. The lowest BCUT2D eigenvalue weighted by Crippen LogP contribution is -2.55. The van der Waals surface area contributed by atoms with Crippen molar-refractivity contribution in [1.29, 1.82) is 0 Å². The molecule has 0 radical (unpaired) electrons. The number of hydrogen-bond donors (Lipinski definition) is 1. The highest BCUT2D eigenvalue weighted by Gasteiger charge is 2.63. The fourth-order valence-corrected chi connectivity index (χ4v) is 3.82. The lowest BCUT2D eigenvalue weighted by atomic mass is 10.0. The van der Waals surface area contributed by atoms with Crippen molar-refractivity contribution >= 4 is 34.6 Å². The third-order valence-electron chi connectivity index (χ3n) is 4.58. The number of aliphatic hydroxyl groups is 1. The molecule has 5 nitrogen and oxygen atoms in total. The number of hydrogen-bond acceptors (Lipinski definition) is 6. The van der Waals surface area contributed by atoms with E-state index in [4.69, 9.17) is 11.6 Å². The summed E-state index contributed by atoms with van der Waals surface area (Å²) in [4.78, 5) is 7.39. The highest BCUT2D eigenvalue weighted by atomic mass is 35.5. The van der Waals surface area contributed by atoms with Gasteiger partial charge in [-0.1, -0.05) is 29.8 Å². The summed E-state index contributed by atoms with van der Waals surface area (Å²) in [6.07, 6.45) is -11.3. The molecule has 13 heteroatoms. The summed E-state index contributed by atoms with van der Waals surface area (Å²) in [5, 5.41) is 16.2. The lowest BCUT2D eigenvalue weighted by Gasteiger charge is -2.32. The molecule has 0 amide bonds. The van der Waals surface area contributed by atoms with Gasteiger partial charge in [-0.2, -0.15) is 36.5 Å². The van der Waals surface area contributed by atoms with Gasteiger partial charge in [-0.05, 0) is 35.2 Å². The Balaban J connectivity index is 1.89. The maximum Gasteiger partial charge on any atom is 0.438 e. The standard InChI is InChI=1S/C19H11ClF6N4OS/c20-11-5-3-10(4-6-11)13-9-17(31,19(24,25)26)30(29-13)16-27-12(14-2-1-7-32-14)8-15(28-16)18(21,22)23/h1-8,31H,9H2/t17-/m1/s1. The van der Waals surface area contributed by atoms with E-state index in [-0.39, 0.29) is 26.9 Å². The molecule has 0 unspecified atom stereocenters. The van der Waals surface area contributed by atoms with Gasteiger partial charge in [0, 0.05) is 5.02 Å². The number of aromatic nitrogens is 2. The van der Waals surface area contributed by atoms with Gasteiger partial charge in [0.15, 0.2) is 5.69 Å². The van der Waals surface area contributed by atoms with Crippen LogP contribution in [0.5, 0.6) is 0 Å². The first-order valence-corrected chi connectivity index (χ1v) is 10.1. The molecule has 0 fully saturated rings. The number of benzene rings is 1. The Morgan fingerprint density at radius 2 is 1.72 bits per heavy atom. The summed E-state index contributed by atoms with van der Waals surface area (Å²) in [5.74, 6) is -1.04. The second kappa shape index (κ2) is 7.71. The predicted octanol–water partition coefficient (Wildman–Crippen LogP) is 5.74. The van der Waals surface area contributed by atoms with Gasteiger partial charge in [-0.3, -0.25) is 0 Å². The number of nitrogens with zero attached hydrogens (tertiary/aromatic N) is 4. The van der Waals surface area contributed by atoms with E-state index in [9.17, 15) is 31.4 Å². The highest BCUT2D eigenvalue weighted by Crippen LogP contribution is 2.44. The SMILES string of the molecule is O[C@@]1(C(F)(F)F)CC(c2ccc(Cl)cc2)=NN1c1nc(-c2cccs2)cc(C(F)(F)F)n1. The minimum atomic E-state index is -5.29. The van der Waals surface area contributed by atoms with E-state index in [1.807, 2.05) is 0 Å².